The molecule has 10 heteroatoms. The summed E-state index contributed by atoms with van der Waals surface area (Å²) < 4.78 is 11.7. The number of nitrogens with one attached hydrogen (secondary N) is 1. The third-order valence-corrected chi connectivity index (χ3v) is 6.98. The normalized spacial score (nSPS) is 14.3. The van der Waals surface area contributed by atoms with Crippen LogP contribution in [0.2, 0.25) is 15.1 Å². The van der Waals surface area contributed by atoms with Gasteiger partial charge in [0.1, 0.15) is 30.3 Å². The summed E-state index contributed by atoms with van der Waals surface area (Å²) in [6, 6.07) is 25.2. The van der Waals surface area contributed by atoms with E-state index in [-0.39, 0.29) is 39.2 Å². The summed E-state index contributed by atoms with van der Waals surface area (Å²) in [6.45, 7) is 0.425. The van der Waals surface area contributed by atoms with Crippen molar-refractivity contribution in [2.75, 3.05) is 4.90 Å². The van der Waals surface area contributed by atoms with Crippen LogP contribution in [-0.2, 0) is 22.8 Å². The molecule has 5 rings (SSSR count). The van der Waals surface area contributed by atoms with Gasteiger partial charge in [0.2, 0.25) is 0 Å². The Hall–Kier alpha value is -4.30. The van der Waals surface area contributed by atoms with Gasteiger partial charge in [-0.3, -0.25) is 14.9 Å². The molecule has 0 atom stereocenters. The van der Waals surface area contributed by atoms with Crippen molar-refractivity contribution in [2.45, 2.75) is 13.2 Å². The van der Waals surface area contributed by atoms with Crippen LogP contribution in [0.5, 0.6) is 11.5 Å². The molecule has 1 N–H and O–H groups in total. The third-order valence-electron chi connectivity index (χ3n) is 6.11. The van der Waals surface area contributed by atoms with Crippen molar-refractivity contribution in [1.29, 1.82) is 0 Å². The Kier molecular flexibility index (Phi) is 8.59. The van der Waals surface area contributed by atoms with Gasteiger partial charge in [-0.05, 0) is 54.1 Å². The van der Waals surface area contributed by atoms with Crippen LogP contribution in [0.3, 0.4) is 0 Å². The maximum atomic E-state index is 13.5. The minimum Gasteiger partial charge on any atom is -0.489 e. The summed E-state index contributed by atoms with van der Waals surface area (Å²) in [5.41, 5.74) is 1.91. The highest BCUT2D eigenvalue weighted by Crippen LogP contribution is 2.36. The maximum Gasteiger partial charge on any atom is 0.335 e. The van der Waals surface area contributed by atoms with E-state index < -0.39 is 17.8 Å². The Bertz CT molecular complexity index is 1660. The molecule has 4 amide bonds. The number of nitrogens with zero attached hydrogens (tertiary/aromatic N) is 1. The fourth-order valence-corrected chi connectivity index (χ4v) is 4.84. The van der Waals surface area contributed by atoms with E-state index in [0.29, 0.717) is 22.9 Å². The van der Waals surface area contributed by atoms with E-state index in [0.717, 1.165) is 10.5 Å². The van der Waals surface area contributed by atoms with Crippen LogP contribution >= 0.6 is 34.8 Å². The number of hydrogen-bond donors (Lipinski definition) is 1. The molecule has 1 fully saturated rings. The van der Waals surface area contributed by atoms with Crippen LogP contribution in [0.1, 0.15) is 16.7 Å². The molecule has 0 unspecified atom stereocenters. The number of anilines is 1. The number of rotatable bonds is 8. The number of carbonyl (C=O) groups excluding carboxylic acids is 3. The van der Waals surface area contributed by atoms with Gasteiger partial charge < -0.3 is 9.47 Å². The zero-order valence-corrected chi connectivity index (χ0v) is 23.5. The number of benzene rings is 4. The fourth-order valence-electron chi connectivity index (χ4n) is 4.08. The number of imide groups is 2. The predicted molar refractivity (Wildman–Crippen MR) is 158 cm³/mol. The topological polar surface area (TPSA) is 84.9 Å². The first kappa shape index (κ1) is 28.2. The number of carbonyl (C=O) groups is 3. The maximum absolute atomic E-state index is 13.5. The monoisotopic (exact) mass is 606 g/mol. The molecule has 0 aliphatic carbocycles. The molecule has 1 heterocycles. The number of ether oxygens (including phenoxy) is 2. The zero-order chi connectivity index (χ0) is 28.9. The molecule has 1 saturated heterocycles. The average molecular weight is 608 g/mol. The van der Waals surface area contributed by atoms with E-state index in [2.05, 4.69) is 5.32 Å². The first-order chi connectivity index (χ1) is 19.8. The van der Waals surface area contributed by atoms with Crippen LogP contribution in [0.4, 0.5) is 10.5 Å². The summed E-state index contributed by atoms with van der Waals surface area (Å²) >= 11 is 18.9. The van der Waals surface area contributed by atoms with Gasteiger partial charge in [0.15, 0.2) is 0 Å². The van der Waals surface area contributed by atoms with Crippen molar-refractivity contribution in [1.82, 2.24) is 5.32 Å². The van der Waals surface area contributed by atoms with Crippen molar-refractivity contribution in [3.05, 3.63) is 128 Å². The summed E-state index contributed by atoms with van der Waals surface area (Å²) in [5.74, 6) is -0.965. The molecular weight excluding hydrogens is 587 g/mol. The molecule has 0 bridgehead atoms. The van der Waals surface area contributed by atoms with Gasteiger partial charge in [-0.25, -0.2) is 9.69 Å². The quantitative estimate of drug-likeness (QED) is 0.166. The molecule has 41 heavy (non-hydrogen) atoms. The summed E-state index contributed by atoms with van der Waals surface area (Å²) in [5, 5.41) is 3.14. The smallest absolute Gasteiger partial charge is 0.335 e. The van der Waals surface area contributed by atoms with Gasteiger partial charge in [0.05, 0.1) is 10.7 Å². The Labute approximate surface area is 250 Å². The highest BCUT2D eigenvalue weighted by atomic mass is 35.5. The second-order valence-electron chi connectivity index (χ2n) is 8.91. The predicted octanol–water partition coefficient (Wildman–Crippen LogP) is 7.47. The second kappa shape index (κ2) is 12.5. The zero-order valence-electron chi connectivity index (χ0n) is 21.3. The van der Waals surface area contributed by atoms with Crippen LogP contribution in [-0.4, -0.2) is 17.8 Å². The molecule has 206 valence electrons. The van der Waals surface area contributed by atoms with Crippen LogP contribution < -0.4 is 19.7 Å². The lowest BCUT2D eigenvalue weighted by Crippen LogP contribution is -2.54. The molecule has 0 saturated carbocycles. The lowest BCUT2D eigenvalue weighted by atomic mass is 10.1. The van der Waals surface area contributed by atoms with Crippen molar-refractivity contribution in [2.24, 2.45) is 0 Å². The Morgan fingerprint density at radius 1 is 0.756 bits per heavy atom. The van der Waals surface area contributed by atoms with Crippen molar-refractivity contribution in [3.8, 4) is 11.5 Å². The van der Waals surface area contributed by atoms with Crippen molar-refractivity contribution in [3.63, 3.8) is 0 Å². The lowest BCUT2D eigenvalue weighted by molar-refractivity contribution is -0.122. The average Bonchev–Trinajstić information content (AvgIpc) is 2.95. The van der Waals surface area contributed by atoms with E-state index in [9.17, 15) is 14.4 Å². The minimum absolute atomic E-state index is 0.0701. The number of amides is 4. The third kappa shape index (κ3) is 6.55. The summed E-state index contributed by atoms with van der Waals surface area (Å²) in [6.07, 6.45) is 1.29. The van der Waals surface area contributed by atoms with Gasteiger partial charge >= 0.3 is 6.03 Å². The van der Waals surface area contributed by atoms with E-state index in [4.69, 9.17) is 44.3 Å². The molecule has 1 aliphatic rings. The molecule has 4 aromatic carbocycles. The summed E-state index contributed by atoms with van der Waals surface area (Å²) in [4.78, 5) is 39.8. The first-order valence-electron chi connectivity index (χ1n) is 12.3. The fraction of sp³-hybridized carbons (Fsp3) is 0.0645. The van der Waals surface area contributed by atoms with E-state index in [1.54, 1.807) is 42.5 Å². The van der Waals surface area contributed by atoms with Crippen LogP contribution in [0, 0.1) is 0 Å². The number of barbiturate groups is 1. The largest absolute Gasteiger partial charge is 0.489 e. The van der Waals surface area contributed by atoms with Crippen LogP contribution in [0.15, 0.2) is 96.6 Å². The second-order valence-corrected chi connectivity index (χ2v) is 10.2. The lowest BCUT2D eigenvalue weighted by Gasteiger charge is -2.26. The van der Waals surface area contributed by atoms with Gasteiger partial charge in [0.25, 0.3) is 11.8 Å². The Morgan fingerprint density at radius 3 is 2.20 bits per heavy atom. The standard InChI is InChI=1S/C31H21Cl3N2O5/c32-22-14-21(28(27(34)16-22)41-18-20-8-4-5-9-26(20)33)15-25-29(37)35-31(39)36(30(25)38)23-10-12-24(13-11-23)40-17-19-6-2-1-3-7-19/h1-16H,17-18H2,(H,35,37,39)/b25-15+. The number of urea groups is 1. The van der Waals surface area contributed by atoms with Gasteiger partial charge in [-0.1, -0.05) is 83.3 Å². The van der Waals surface area contributed by atoms with Gasteiger partial charge in [0, 0.05) is 21.2 Å². The Morgan fingerprint density at radius 2 is 1.46 bits per heavy atom. The molecule has 0 aromatic heterocycles. The minimum atomic E-state index is -0.880. The highest BCUT2D eigenvalue weighted by Gasteiger charge is 2.37. The van der Waals surface area contributed by atoms with Gasteiger partial charge in [-0.2, -0.15) is 0 Å². The SMILES string of the molecule is O=C1NC(=O)N(c2ccc(OCc3ccccc3)cc2)C(=O)/C1=C/c1cc(Cl)cc(Cl)c1OCc1ccccc1Cl. The number of halogens is 3. The molecule has 4 aromatic rings. The molecular formula is C31H21Cl3N2O5. The number of hydrogen-bond acceptors (Lipinski definition) is 5. The molecule has 1 aliphatic heterocycles. The Balaban J connectivity index is 1.40. The van der Waals surface area contributed by atoms with E-state index in [1.165, 1.54) is 18.2 Å². The summed E-state index contributed by atoms with van der Waals surface area (Å²) in [7, 11) is 0. The van der Waals surface area contributed by atoms with Gasteiger partial charge in [-0.15, -0.1) is 0 Å². The van der Waals surface area contributed by atoms with E-state index in [1.807, 2.05) is 36.4 Å². The van der Waals surface area contributed by atoms with E-state index >= 15 is 0 Å². The molecule has 7 nitrogen and oxygen atoms in total. The molecule has 0 radical (unpaired) electrons. The van der Waals surface area contributed by atoms with Crippen molar-refractivity contribution < 1.29 is 23.9 Å². The first-order valence-corrected chi connectivity index (χ1v) is 13.5. The van der Waals surface area contributed by atoms with Crippen molar-refractivity contribution >= 4 is 64.4 Å². The highest BCUT2D eigenvalue weighted by molar-refractivity contribution is 6.40. The molecule has 0 spiro atoms. The van der Waals surface area contributed by atoms with Crippen LogP contribution in [0.25, 0.3) is 6.08 Å².